The van der Waals surface area contributed by atoms with Crippen molar-refractivity contribution in [2.24, 2.45) is 0 Å². The Kier molecular flexibility index (Phi) is 3.66. The van der Waals surface area contributed by atoms with Crippen LogP contribution >= 0.6 is 0 Å². The molecule has 0 amide bonds. The summed E-state index contributed by atoms with van der Waals surface area (Å²) >= 11 is 0. The molecule has 3 N–H and O–H groups in total. The van der Waals surface area contributed by atoms with Crippen molar-refractivity contribution < 1.29 is 0 Å². The molecule has 2 aromatic rings. The summed E-state index contributed by atoms with van der Waals surface area (Å²) in [4.78, 5) is 0. The fourth-order valence-corrected chi connectivity index (χ4v) is 1.93. The van der Waals surface area contributed by atoms with Crippen LogP contribution in [0.25, 0.3) is 0 Å². The Hall–Kier alpha value is -1.96. The third-order valence-corrected chi connectivity index (χ3v) is 2.68. The summed E-state index contributed by atoms with van der Waals surface area (Å²) in [6.45, 7) is 2.18. The highest BCUT2D eigenvalue weighted by Gasteiger charge is 2.03. The molecular formula is C15H18N2. The van der Waals surface area contributed by atoms with E-state index in [2.05, 4.69) is 36.5 Å². The molecule has 0 aromatic heterocycles. The lowest BCUT2D eigenvalue weighted by molar-refractivity contribution is 0.790. The van der Waals surface area contributed by atoms with Gasteiger partial charge < -0.3 is 11.1 Å². The normalized spacial score (nSPS) is 12.1. The zero-order valence-electron chi connectivity index (χ0n) is 10.1. The van der Waals surface area contributed by atoms with Crippen LogP contribution in [0, 0.1) is 0 Å². The smallest absolute Gasteiger partial charge is 0.0362 e. The molecular weight excluding hydrogens is 208 g/mol. The average Bonchev–Trinajstić information content (AvgIpc) is 2.30. The monoisotopic (exact) mass is 226 g/mol. The number of nitrogens with one attached hydrogen (secondary N) is 1. The Balaban J connectivity index is 1.96. The number of benzene rings is 2. The molecule has 88 valence electrons. The minimum Gasteiger partial charge on any atom is -0.399 e. The second-order valence-electron chi connectivity index (χ2n) is 4.36. The average molecular weight is 226 g/mol. The van der Waals surface area contributed by atoms with E-state index >= 15 is 0 Å². The number of hydrogen-bond acceptors (Lipinski definition) is 2. The van der Waals surface area contributed by atoms with Crippen LogP contribution in [-0.2, 0) is 6.42 Å². The summed E-state index contributed by atoms with van der Waals surface area (Å²) in [6, 6.07) is 18.7. The van der Waals surface area contributed by atoms with Gasteiger partial charge in [-0.05, 0) is 37.1 Å². The number of nitrogen functional groups attached to an aromatic ring is 1. The molecule has 0 aliphatic heterocycles. The minimum atomic E-state index is 0.388. The first kappa shape index (κ1) is 11.5. The van der Waals surface area contributed by atoms with E-state index in [1.807, 2.05) is 30.3 Å². The van der Waals surface area contributed by atoms with Gasteiger partial charge in [-0.1, -0.05) is 36.4 Å². The van der Waals surface area contributed by atoms with Gasteiger partial charge in [0.25, 0.3) is 0 Å². The fourth-order valence-electron chi connectivity index (χ4n) is 1.93. The number of nitrogens with two attached hydrogens (primary N) is 1. The second-order valence-corrected chi connectivity index (χ2v) is 4.36. The van der Waals surface area contributed by atoms with Crippen LogP contribution in [0.1, 0.15) is 12.5 Å². The fraction of sp³-hybridized carbons (Fsp3) is 0.200. The van der Waals surface area contributed by atoms with Crippen LogP contribution in [0.4, 0.5) is 11.4 Å². The molecule has 0 bridgehead atoms. The van der Waals surface area contributed by atoms with Crippen molar-refractivity contribution in [3.8, 4) is 0 Å². The van der Waals surface area contributed by atoms with Crippen molar-refractivity contribution in [2.75, 3.05) is 11.1 Å². The van der Waals surface area contributed by atoms with Crippen LogP contribution in [0.15, 0.2) is 54.6 Å². The van der Waals surface area contributed by atoms with Crippen LogP contribution in [-0.4, -0.2) is 6.04 Å². The third-order valence-electron chi connectivity index (χ3n) is 2.68. The van der Waals surface area contributed by atoms with E-state index in [0.29, 0.717) is 6.04 Å². The topological polar surface area (TPSA) is 38.0 Å². The minimum absolute atomic E-state index is 0.388. The Morgan fingerprint density at radius 3 is 2.53 bits per heavy atom. The summed E-state index contributed by atoms with van der Waals surface area (Å²) < 4.78 is 0. The molecule has 0 saturated carbocycles. The molecule has 2 nitrogen and oxygen atoms in total. The van der Waals surface area contributed by atoms with E-state index < -0.39 is 0 Å². The highest BCUT2D eigenvalue weighted by Crippen LogP contribution is 2.14. The van der Waals surface area contributed by atoms with Crippen LogP contribution in [0.2, 0.25) is 0 Å². The van der Waals surface area contributed by atoms with Gasteiger partial charge in [0.2, 0.25) is 0 Å². The molecule has 0 aliphatic carbocycles. The van der Waals surface area contributed by atoms with Gasteiger partial charge in [0, 0.05) is 17.4 Å². The Morgan fingerprint density at radius 2 is 1.82 bits per heavy atom. The van der Waals surface area contributed by atoms with Crippen LogP contribution < -0.4 is 11.1 Å². The summed E-state index contributed by atoms with van der Waals surface area (Å²) in [7, 11) is 0. The van der Waals surface area contributed by atoms with Gasteiger partial charge in [-0.25, -0.2) is 0 Å². The molecule has 0 fully saturated rings. The zero-order valence-corrected chi connectivity index (χ0v) is 10.1. The highest BCUT2D eigenvalue weighted by molar-refractivity contribution is 5.54. The van der Waals surface area contributed by atoms with E-state index in [1.54, 1.807) is 0 Å². The molecule has 1 unspecified atom stereocenters. The molecule has 0 saturated heterocycles. The van der Waals surface area contributed by atoms with E-state index in [-0.39, 0.29) is 0 Å². The number of rotatable bonds is 4. The van der Waals surface area contributed by atoms with E-state index in [4.69, 9.17) is 5.73 Å². The van der Waals surface area contributed by atoms with E-state index in [0.717, 1.165) is 17.8 Å². The Morgan fingerprint density at radius 1 is 1.06 bits per heavy atom. The molecule has 2 aromatic carbocycles. The summed E-state index contributed by atoms with van der Waals surface area (Å²) in [5, 5.41) is 3.45. The summed E-state index contributed by atoms with van der Waals surface area (Å²) in [6.07, 6.45) is 1.01. The third kappa shape index (κ3) is 3.52. The zero-order chi connectivity index (χ0) is 12.1. The van der Waals surface area contributed by atoms with Gasteiger partial charge in [-0.3, -0.25) is 0 Å². The first-order valence-corrected chi connectivity index (χ1v) is 5.90. The van der Waals surface area contributed by atoms with Crippen molar-refractivity contribution >= 4 is 11.4 Å². The van der Waals surface area contributed by atoms with Crippen LogP contribution in [0.3, 0.4) is 0 Å². The van der Waals surface area contributed by atoms with Crippen molar-refractivity contribution in [1.29, 1.82) is 0 Å². The van der Waals surface area contributed by atoms with Gasteiger partial charge in [0.05, 0.1) is 0 Å². The molecule has 0 radical (unpaired) electrons. The van der Waals surface area contributed by atoms with Crippen molar-refractivity contribution in [3.05, 3.63) is 60.2 Å². The number of hydrogen-bond donors (Lipinski definition) is 2. The van der Waals surface area contributed by atoms with E-state index in [1.165, 1.54) is 5.56 Å². The maximum absolute atomic E-state index is 5.75. The first-order chi connectivity index (χ1) is 8.24. The molecule has 0 spiro atoms. The quantitative estimate of drug-likeness (QED) is 0.785. The Labute approximate surface area is 102 Å². The van der Waals surface area contributed by atoms with Crippen molar-refractivity contribution in [2.45, 2.75) is 19.4 Å². The van der Waals surface area contributed by atoms with Gasteiger partial charge in [0.1, 0.15) is 0 Å². The van der Waals surface area contributed by atoms with Gasteiger partial charge in [-0.2, -0.15) is 0 Å². The SMILES string of the molecule is CC(Cc1ccccc1)Nc1cccc(N)c1. The maximum atomic E-state index is 5.75. The lowest BCUT2D eigenvalue weighted by Crippen LogP contribution is -2.18. The van der Waals surface area contributed by atoms with Crippen molar-refractivity contribution in [1.82, 2.24) is 0 Å². The highest BCUT2D eigenvalue weighted by atomic mass is 14.9. The second kappa shape index (κ2) is 5.39. The standard InChI is InChI=1S/C15H18N2/c1-12(10-13-6-3-2-4-7-13)17-15-9-5-8-14(16)11-15/h2-9,11-12,17H,10,16H2,1H3. The summed E-state index contributed by atoms with van der Waals surface area (Å²) in [5.41, 5.74) is 8.96. The lowest BCUT2D eigenvalue weighted by atomic mass is 10.1. The molecule has 2 heteroatoms. The molecule has 0 aliphatic rings. The first-order valence-electron chi connectivity index (χ1n) is 5.90. The molecule has 1 atom stereocenters. The van der Waals surface area contributed by atoms with Gasteiger partial charge in [0.15, 0.2) is 0 Å². The largest absolute Gasteiger partial charge is 0.399 e. The summed E-state index contributed by atoms with van der Waals surface area (Å²) in [5.74, 6) is 0. The maximum Gasteiger partial charge on any atom is 0.0362 e. The lowest BCUT2D eigenvalue weighted by Gasteiger charge is -2.15. The van der Waals surface area contributed by atoms with Gasteiger partial charge in [-0.15, -0.1) is 0 Å². The van der Waals surface area contributed by atoms with Crippen LogP contribution in [0.5, 0.6) is 0 Å². The van der Waals surface area contributed by atoms with E-state index in [9.17, 15) is 0 Å². The van der Waals surface area contributed by atoms with Gasteiger partial charge >= 0.3 is 0 Å². The Bertz CT molecular complexity index is 465. The number of anilines is 2. The molecule has 17 heavy (non-hydrogen) atoms. The van der Waals surface area contributed by atoms with Crippen molar-refractivity contribution in [3.63, 3.8) is 0 Å². The molecule has 0 heterocycles. The predicted molar refractivity (Wildman–Crippen MR) is 74.1 cm³/mol. The molecule has 2 rings (SSSR count). The predicted octanol–water partition coefficient (Wildman–Crippen LogP) is 3.31.